The average molecular weight is 271 g/mol. The van der Waals surface area contributed by atoms with E-state index in [2.05, 4.69) is 36.5 Å². The van der Waals surface area contributed by atoms with E-state index in [1.165, 1.54) is 51.4 Å². The zero-order valence-corrected chi connectivity index (χ0v) is 12.9. The number of hydrogen-bond acceptors (Lipinski definition) is 1. The van der Waals surface area contributed by atoms with Crippen molar-refractivity contribution in [3.05, 3.63) is 35.4 Å². The van der Waals surface area contributed by atoms with Gasteiger partial charge in [-0.15, -0.1) is 0 Å². The Balaban J connectivity index is 1.76. The summed E-state index contributed by atoms with van der Waals surface area (Å²) in [6.45, 7) is 3.37. The van der Waals surface area contributed by atoms with Crippen molar-refractivity contribution in [3.8, 4) is 0 Å². The van der Waals surface area contributed by atoms with E-state index < -0.39 is 0 Å². The first-order valence-corrected chi connectivity index (χ1v) is 8.69. The minimum absolute atomic E-state index is 0.699. The molecule has 0 saturated heterocycles. The molecule has 1 fully saturated rings. The van der Waals surface area contributed by atoms with Crippen molar-refractivity contribution in [2.24, 2.45) is 5.92 Å². The average Bonchev–Trinajstić information content (AvgIpc) is 2.99. The highest BCUT2D eigenvalue weighted by Gasteiger charge is 2.29. The molecule has 0 aliphatic heterocycles. The molecule has 0 spiro atoms. The summed E-state index contributed by atoms with van der Waals surface area (Å²) in [7, 11) is 0. The van der Waals surface area contributed by atoms with Crippen LogP contribution in [0.1, 0.15) is 68.9 Å². The first kappa shape index (κ1) is 14.1. The lowest BCUT2D eigenvalue weighted by molar-refractivity contribution is 0.326. The number of fused-ring (bicyclic) bond motifs is 1. The quantitative estimate of drug-likeness (QED) is 0.821. The Kier molecular flexibility index (Phi) is 4.77. The number of benzene rings is 1. The molecule has 1 heteroatoms. The molecule has 1 saturated carbocycles. The van der Waals surface area contributed by atoms with Gasteiger partial charge in [0, 0.05) is 6.04 Å². The first-order chi connectivity index (χ1) is 9.88. The van der Waals surface area contributed by atoms with Crippen LogP contribution in [0, 0.1) is 5.92 Å². The minimum Gasteiger partial charge on any atom is -0.314 e. The maximum absolute atomic E-state index is 3.82. The van der Waals surface area contributed by atoms with Gasteiger partial charge in [0.05, 0.1) is 0 Å². The SMILES string of the molecule is CCNC(CC1CCCC1)C1CCCc2ccccc21. The van der Waals surface area contributed by atoms with Crippen molar-refractivity contribution in [3.63, 3.8) is 0 Å². The zero-order valence-electron chi connectivity index (χ0n) is 12.9. The standard InChI is InChI=1S/C19H29N/c1-2-20-19(14-15-8-3-4-9-15)18-13-7-11-16-10-5-6-12-17(16)18/h5-6,10,12,15,18-20H,2-4,7-9,11,13-14H2,1H3. The summed E-state index contributed by atoms with van der Waals surface area (Å²) in [4.78, 5) is 0. The lowest BCUT2D eigenvalue weighted by Gasteiger charge is -2.34. The Bertz CT molecular complexity index is 420. The summed E-state index contributed by atoms with van der Waals surface area (Å²) in [5.74, 6) is 1.73. The molecule has 1 aromatic rings. The van der Waals surface area contributed by atoms with Gasteiger partial charge in [-0.1, -0.05) is 56.9 Å². The lowest BCUT2D eigenvalue weighted by Crippen LogP contribution is -2.37. The summed E-state index contributed by atoms with van der Waals surface area (Å²) in [5, 5.41) is 3.82. The van der Waals surface area contributed by atoms with E-state index in [9.17, 15) is 0 Å². The second kappa shape index (κ2) is 6.76. The van der Waals surface area contributed by atoms with E-state index in [4.69, 9.17) is 0 Å². The molecule has 1 nitrogen and oxygen atoms in total. The summed E-state index contributed by atoms with van der Waals surface area (Å²) in [6.07, 6.45) is 11.3. The van der Waals surface area contributed by atoms with Gasteiger partial charge in [-0.2, -0.15) is 0 Å². The van der Waals surface area contributed by atoms with Crippen molar-refractivity contribution in [1.29, 1.82) is 0 Å². The fourth-order valence-electron chi connectivity index (χ4n) is 4.47. The third-order valence-corrected chi connectivity index (χ3v) is 5.43. The molecule has 1 aromatic carbocycles. The molecule has 2 aliphatic rings. The van der Waals surface area contributed by atoms with Gasteiger partial charge in [-0.3, -0.25) is 0 Å². The molecule has 0 radical (unpaired) electrons. The van der Waals surface area contributed by atoms with Crippen molar-refractivity contribution in [1.82, 2.24) is 5.32 Å². The Morgan fingerprint density at radius 3 is 2.70 bits per heavy atom. The highest BCUT2D eigenvalue weighted by atomic mass is 14.9. The highest BCUT2D eigenvalue weighted by Crippen LogP contribution is 2.38. The van der Waals surface area contributed by atoms with Crippen LogP contribution in [0.15, 0.2) is 24.3 Å². The van der Waals surface area contributed by atoms with Gasteiger partial charge in [0.1, 0.15) is 0 Å². The summed E-state index contributed by atoms with van der Waals surface area (Å²) in [5.41, 5.74) is 3.25. The summed E-state index contributed by atoms with van der Waals surface area (Å²) < 4.78 is 0. The van der Waals surface area contributed by atoms with Crippen molar-refractivity contribution in [2.45, 2.75) is 70.3 Å². The van der Waals surface area contributed by atoms with Crippen LogP contribution in [0.25, 0.3) is 0 Å². The molecule has 110 valence electrons. The molecular weight excluding hydrogens is 242 g/mol. The lowest BCUT2D eigenvalue weighted by atomic mass is 9.76. The smallest absolute Gasteiger partial charge is 0.0138 e. The molecule has 20 heavy (non-hydrogen) atoms. The predicted octanol–water partition coefficient (Wildman–Crippen LogP) is 4.66. The van der Waals surface area contributed by atoms with Crippen LogP contribution in [-0.4, -0.2) is 12.6 Å². The predicted molar refractivity (Wildman–Crippen MR) is 86.2 cm³/mol. The van der Waals surface area contributed by atoms with Gasteiger partial charge in [0.2, 0.25) is 0 Å². The van der Waals surface area contributed by atoms with Gasteiger partial charge in [-0.25, -0.2) is 0 Å². The third kappa shape index (κ3) is 3.09. The van der Waals surface area contributed by atoms with Crippen LogP contribution in [0.5, 0.6) is 0 Å². The molecule has 0 amide bonds. The van der Waals surface area contributed by atoms with Gasteiger partial charge in [0.15, 0.2) is 0 Å². The normalized spacial score (nSPS) is 24.6. The maximum Gasteiger partial charge on any atom is 0.0138 e. The van der Waals surface area contributed by atoms with E-state index in [-0.39, 0.29) is 0 Å². The van der Waals surface area contributed by atoms with Crippen LogP contribution in [0.3, 0.4) is 0 Å². The number of hydrogen-bond donors (Lipinski definition) is 1. The van der Waals surface area contributed by atoms with Crippen LogP contribution < -0.4 is 5.32 Å². The molecule has 2 atom stereocenters. The fourth-order valence-corrected chi connectivity index (χ4v) is 4.47. The van der Waals surface area contributed by atoms with Crippen molar-refractivity contribution < 1.29 is 0 Å². The second-order valence-corrected chi connectivity index (χ2v) is 6.75. The number of rotatable bonds is 5. The first-order valence-electron chi connectivity index (χ1n) is 8.69. The van der Waals surface area contributed by atoms with Crippen LogP contribution in [0.4, 0.5) is 0 Å². The number of likely N-dealkylation sites (N-methyl/N-ethyl adjacent to an activating group) is 1. The summed E-state index contributed by atoms with van der Waals surface area (Å²) >= 11 is 0. The molecule has 2 aliphatic carbocycles. The fraction of sp³-hybridized carbons (Fsp3) is 0.684. The molecule has 1 N–H and O–H groups in total. The Morgan fingerprint density at radius 2 is 1.90 bits per heavy atom. The topological polar surface area (TPSA) is 12.0 Å². The van der Waals surface area contributed by atoms with Crippen molar-refractivity contribution in [2.75, 3.05) is 6.54 Å². The van der Waals surface area contributed by atoms with Gasteiger partial charge >= 0.3 is 0 Å². The molecule has 0 aromatic heterocycles. The molecule has 2 unspecified atom stereocenters. The molecule has 0 bridgehead atoms. The van der Waals surface area contributed by atoms with E-state index in [1.807, 2.05) is 0 Å². The number of aryl methyl sites for hydroxylation is 1. The zero-order chi connectivity index (χ0) is 13.8. The Morgan fingerprint density at radius 1 is 1.10 bits per heavy atom. The monoisotopic (exact) mass is 271 g/mol. The molecular formula is C19H29N. The highest BCUT2D eigenvalue weighted by molar-refractivity contribution is 5.33. The Labute approximate surface area is 124 Å². The largest absolute Gasteiger partial charge is 0.314 e. The van der Waals surface area contributed by atoms with E-state index in [0.717, 1.165) is 18.4 Å². The Hall–Kier alpha value is -0.820. The van der Waals surface area contributed by atoms with Gasteiger partial charge < -0.3 is 5.32 Å². The minimum atomic E-state index is 0.699. The second-order valence-electron chi connectivity index (χ2n) is 6.75. The van der Waals surface area contributed by atoms with Crippen LogP contribution in [0.2, 0.25) is 0 Å². The molecule has 3 rings (SSSR count). The number of nitrogens with one attached hydrogen (secondary N) is 1. The summed E-state index contributed by atoms with van der Waals surface area (Å²) in [6, 6.07) is 9.87. The van der Waals surface area contributed by atoms with E-state index >= 15 is 0 Å². The van der Waals surface area contributed by atoms with Crippen LogP contribution >= 0.6 is 0 Å². The van der Waals surface area contributed by atoms with Crippen LogP contribution in [-0.2, 0) is 6.42 Å². The third-order valence-electron chi connectivity index (χ3n) is 5.43. The maximum atomic E-state index is 3.82. The van der Waals surface area contributed by atoms with E-state index in [0.29, 0.717) is 6.04 Å². The van der Waals surface area contributed by atoms with Crippen molar-refractivity contribution >= 4 is 0 Å². The molecule has 0 heterocycles. The van der Waals surface area contributed by atoms with Gasteiger partial charge in [0.25, 0.3) is 0 Å². The van der Waals surface area contributed by atoms with E-state index in [1.54, 1.807) is 11.1 Å². The van der Waals surface area contributed by atoms with Gasteiger partial charge in [-0.05, 0) is 55.2 Å².